The maximum absolute atomic E-state index is 13.6. The van der Waals surface area contributed by atoms with E-state index in [0.29, 0.717) is 12.0 Å². The van der Waals surface area contributed by atoms with Crippen molar-refractivity contribution >= 4 is 11.6 Å². The number of hydrogen-bond acceptors (Lipinski definition) is 2. The lowest BCUT2D eigenvalue weighted by molar-refractivity contribution is 0.196. The zero-order valence-corrected chi connectivity index (χ0v) is 12.7. The van der Waals surface area contributed by atoms with Crippen LogP contribution in [-0.4, -0.2) is 18.3 Å². The van der Waals surface area contributed by atoms with Gasteiger partial charge in [-0.25, -0.2) is 4.39 Å². The van der Waals surface area contributed by atoms with E-state index < -0.39 is 11.2 Å². The van der Waals surface area contributed by atoms with Crippen molar-refractivity contribution in [1.82, 2.24) is 0 Å². The highest BCUT2D eigenvalue weighted by Crippen LogP contribution is 2.31. The van der Waals surface area contributed by atoms with E-state index in [1.807, 2.05) is 31.2 Å². The molecule has 21 heavy (non-hydrogen) atoms. The molecule has 1 unspecified atom stereocenters. The van der Waals surface area contributed by atoms with Crippen molar-refractivity contribution in [3.8, 4) is 0 Å². The molecular weight excluding hydrogens is 289 g/mol. The predicted octanol–water partition coefficient (Wildman–Crippen LogP) is 3.22. The Kier molecular flexibility index (Phi) is 4.99. The molecule has 0 aromatic heterocycles. The van der Waals surface area contributed by atoms with E-state index in [2.05, 4.69) is 0 Å². The first-order chi connectivity index (χ1) is 10.0. The molecule has 2 rings (SSSR count). The molecule has 0 radical (unpaired) electrons. The maximum Gasteiger partial charge on any atom is 0.142 e. The molecule has 0 fully saturated rings. The van der Waals surface area contributed by atoms with Crippen LogP contribution >= 0.6 is 11.6 Å². The Morgan fingerprint density at radius 1 is 1.19 bits per heavy atom. The predicted molar refractivity (Wildman–Crippen MR) is 84.1 cm³/mol. The van der Waals surface area contributed by atoms with Gasteiger partial charge in [-0.2, -0.15) is 0 Å². The van der Waals surface area contributed by atoms with E-state index in [1.165, 1.54) is 6.07 Å². The van der Waals surface area contributed by atoms with Crippen LogP contribution in [0.4, 0.5) is 4.39 Å². The Morgan fingerprint density at radius 2 is 1.86 bits per heavy atom. The number of rotatable bonds is 5. The highest BCUT2D eigenvalue weighted by atomic mass is 35.5. The van der Waals surface area contributed by atoms with Crippen LogP contribution in [0, 0.1) is 12.7 Å². The summed E-state index contributed by atoms with van der Waals surface area (Å²) in [5, 5.41) is 10.00. The van der Waals surface area contributed by atoms with E-state index in [0.717, 1.165) is 11.1 Å². The smallest absolute Gasteiger partial charge is 0.142 e. The number of benzene rings is 2. The largest absolute Gasteiger partial charge is 0.395 e. The monoisotopic (exact) mass is 307 g/mol. The average Bonchev–Trinajstić information content (AvgIpc) is 2.50. The number of nitrogens with two attached hydrogens (primary N) is 1. The zero-order chi connectivity index (χ0) is 15.5. The molecular formula is C17H19ClFNO. The molecule has 0 aliphatic heterocycles. The first-order valence-corrected chi connectivity index (χ1v) is 7.21. The lowest BCUT2D eigenvalue weighted by Crippen LogP contribution is -2.41. The summed E-state index contributed by atoms with van der Waals surface area (Å²) in [6.07, 6.45) is 0.389. The van der Waals surface area contributed by atoms with Gasteiger partial charge in [0.2, 0.25) is 0 Å². The topological polar surface area (TPSA) is 46.2 Å². The fourth-order valence-corrected chi connectivity index (χ4v) is 2.65. The van der Waals surface area contributed by atoms with Gasteiger partial charge in [0, 0.05) is 12.0 Å². The van der Waals surface area contributed by atoms with Crippen LogP contribution in [0.5, 0.6) is 0 Å². The quantitative estimate of drug-likeness (QED) is 0.891. The standard InChI is InChI=1S/C17H19ClFNO/c1-12-5-7-14(8-6-12)17(10-20,11-21)9-13-3-2-4-15(19)16(13)18/h2-8,21H,9-11,20H2,1H3. The lowest BCUT2D eigenvalue weighted by atomic mass is 9.76. The molecule has 2 nitrogen and oxygen atoms in total. The van der Waals surface area contributed by atoms with E-state index in [1.54, 1.807) is 12.1 Å². The first-order valence-electron chi connectivity index (χ1n) is 6.83. The van der Waals surface area contributed by atoms with Crippen LogP contribution in [0.3, 0.4) is 0 Å². The Balaban J connectivity index is 2.43. The van der Waals surface area contributed by atoms with E-state index >= 15 is 0 Å². The van der Waals surface area contributed by atoms with Crippen LogP contribution in [0.15, 0.2) is 42.5 Å². The van der Waals surface area contributed by atoms with Crippen LogP contribution < -0.4 is 5.73 Å². The van der Waals surface area contributed by atoms with E-state index in [9.17, 15) is 9.50 Å². The number of aliphatic hydroxyl groups excluding tert-OH is 1. The Bertz CT molecular complexity index is 609. The number of hydrogen-bond donors (Lipinski definition) is 2. The summed E-state index contributed by atoms with van der Waals surface area (Å²) in [4.78, 5) is 0. The van der Waals surface area contributed by atoms with Crippen LogP contribution in [0.25, 0.3) is 0 Å². The molecule has 2 aromatic carbocycles. The van der Waals surface area contributed by atoms with Crippen molar-refractivity contribution in [3.63, 3.8) is 0 Å². The summed E-state index contributed by atoms with van der Waals surface area (Å²) in [5.41, 5.74) is 7.98. The third-order valence-electron chi connectivity index (χ3n) is 3.92. The molecule has 1 atom stereocenters. The van der Waals surface area contributed by atoms with Gasteiger partial charge in [-0.1, -0.05) is 53.6 Å². The van der Waals surface area contributed by atoms with Gasteiger partial charge in [0.15, 0.2) is 0 Å². The third kappa shape index (κ3) is 3.26. The molecule has 112 valence electrons. The second-order valence-corrected chi connectivity index (χ2v) is 5.78. The van der Waals surface area contributed by atoms with Crippen LogP contribution in [0.1, 0.15) is 16.7 Å². The molecule has 0 amide bonds. The molecule has 4 heteroatoms. The third-order valence-corrected chi connectivity index (χ3v) is 4.34. The summed E-state index contributed by atoms with van der Waals surface area (Å²) in [6, 6.07) is 12.5. The van der Waals surface area contributed by atoms with Gasteiger partial charge in [-0.05, 0) is 30.5 Å². The summed E-state index contributed by atoms with van der Waals surface area (Å²) in [7, 11) is 0. The SMILES string of the molecule is Cc1ccc(C(CN)(CO)Cc2cccc(F)c2Cl)cc1. The summed E-state index contributed by atoms with van der Waals surface area (Å²) in [6.45, 7) is 2.12. The molecule has 0 saturated heterocycles. The van der Waals surface area contributed by atoms with Crippen molar-refractivity contribution in [2.24, 2.45) is 5.73 Å². The Hall–Kier alpha value is -1.42. The molecule has 0 bridgehead atoms. The number of aliphatic hydroxyl groups is 1. The second kappa shape index (κ2) is 6.56. The summed E-state index contributed by atoms with van der Waals surface area (Å²) >= 11 is 6.03. The minimum atomic E-state index is -0.662. The first kappa shape index (κ1) is 16.0. The normalized spacial score (nSPS) is 14.0. The average molecular weight is 308 g/mol. The zero-order valence-electron chi connectivity index (χ0n) is 11.9. The Morgan fingerprint density at radius 3 is 2.43 bits per heavy atom. The molecule has 0 saturated carbocycles. The molecule has 3 N–H and O–H groups in total. The van der Waals surface area contributed by atoms with Crippen LogP contribution in [0.2, 0.25) is 5.02 Å². The van der Waals surface area contributed by atoms with Crippen molar-refractivity contribution in [2.75, 3.05) is 13.2 Å². The highest BCUT2D eigenvalue weighted by molar-refractivity contribution is 6.31. The minimum Gasteiger partial charge on any atom is -0.395 e. The van der Waals surface area contributed by atoms with Gasteiger partial charge < -0.3 is 10.8 Å². The van der Waals surface area contributed by atoms with Gasteiger partial charge in [0.05, 0.1) is 11.6 Å². The molecule has 2 aromatic rings. The lowest BCUT2D eigenvalue weighted by Gasteiger charge is -2.31. The highest BCUT2D eigenvalue weighted by Gasteiger charge is 2.31. The number of aryl methyl sites for hydroxylation is 1. The van der Waals surface area contributed by atoms with Gasteiger partial charge in [-0.3, -0.25) is 0 Å². The second-order valence-electron chi connectivity index (χ2n) is 5.40. The maximum atomic E-state index is 13.6. The van der Waals surface area contributed by atoms with Gasteiger partial charge in [-0.15, -0.1) is 0 Å². The van der Waals surface area contributed by atoms with Gasteiger partial charge in [0.1, 0.15) is 5.82 Å². The summed E-state index contributed by atoms with van der Waals surface area (Å²) in [5.74, 6) is -0.457. The van der Waals surface area contributed by atoms with Gasteiger partial charge >= 0.3 is 0 Å². The molecule has 0 aliphatic rings. The fourth-order valence-electron chi connectivity index (χ4n) is 2.46. The molecule has 0 spiro atoms. The van der Waals surface area contributed by atoms with E-state index in [4.69, 9.17) is 17.3 Å². The van der Waals surface area contributed by atoms with Crippen molar-refractivity contribution < 1.29 is 9.50 Å². The van der Waals surface area contributed by atoms with Gasteiger partial charge in [0.25, 0.3) is 0 Å². The van der Waals surface area contributed by atoms with Crippen molar-refractivity contribution in [3.05, 3.63) is 70.0 Å². The number of halogens is 2. The van der Waals surface area contributed by atoms with Crippen LogP contribution in [-0.2, 0) is 11.8 Å². The Labute approximate surface area is 129 Å². The van der Waals surface area contributed by atoms with E-state index in [-0.39, 0.29) is 18.2 Å². The fraction of sp³-hybridized carbons (Fsp3) is 0.294. The van der Waals surface area contributed by atoms with Crippen molar-refractivity contribution in [1.29, 1.82) is 0 Å². The summed E-state index contributed by atoms with van der Waals surface area (Å²) < 4.78 is 13.6. The minimum absolute atomic E-state index is 0.0934. The van der Waals surface area contributed by atoms with Crippen molar-refractivity contribution in [2.45, 2.75) is 18.8 Å². The molecule has 0 heterocycles. The molecule has 0 aliphatic carbocycles.